The van der Waals surface area contributed by atoms with Crippen LogP contribution in [0.3, 0.4) is 0 Å². The van der Waals surface area contributed by atoms with E-state index in [1.165, 1.54) is 0 Å². The predicted octanol–water partition coefficient (Wildman–Crippen LogP) is 3.48. The zero-order valence-electron chi connectivity index (χ0n) is 9.46. The summed E-state index contributed by atoms with van der Waals surface area (Å²) in [7, 11) is 0. The second-order valence-electron chi connectivity index (χ2n) is 4.37. The summed E-state index contributed by atoms with van der Waals surface area (Å²) in [6.45, 7) is 0. The zero-order chi connectivity index (χ0) is 12.1. The average Bonchev–Trinajstić information content (AvgIpc) is 2.71. The van der Waals surface area contributed by atoms with Crippen molar-refractivity contribution in [2.75, 3.05) is 0 Å². The van der Waals surface area contributed by atoms with E-state index < -0.39 is 0 Å². The molecule has 2 nitrogen and oxygen atoms in total. The van der Waals surface area contributed by atoms with E-state index >= 15 is 0 Å². The van der Waals surface area contributed by atoms with E-state index in [0.29, 0.717) is 0 Å². The summed E-state index contributed by atoms with van der Waals surface area (Å²) in [6.07, 6.45) is 0. The fourth-order valence-corrected chi connectivity index (χ4v) is 3.63. The van der Waals surface area contributed by atoms with Crippen LogP contribution in [-0.4, -0.2) is 16.7 Å². The van der Waals surface area contributed by atoms with Crippen LogP contribution in [0.1, 0.15) is 15.9 Å². The monoisotopic (exact) mass is 251 g/mol. The van der Waals surface area contributed by atoms with Crippen LogP contribution in [0, 0.1) is 0 Å². The van der Waals surface area contributed by atoms with Crippen molar-refractivity contribution < 1.29 is 4.79 Å². The lowest BCUT2D eigenvalue weighted by atomic mass is 10.1. The lowest BCUT2D eigenvalue weighted by molar-refractivity contribution is 0.101. The Labute approximate surface area is 109 Å². The standard InChI is InChI=1S/C15H9NOS/c17-14-10-6-2-1-5-9(10)13-15(14)18-12-8-4-3-7-11(12)16-13/h1-8,15H. The molecular weight excluding hydrogens is 242 g/mol. The van der Waals surface area contributed by atoms with Gasteiger partial charge in [-0.05, 0) is 12.1 Å². The number of benzene rings is 2. The first-order chi connectivity index (χ1) is 8.84. The first kappa shape index (κ1) is 10.1. The van der Waals surface area contributed by atoms with Crippen molar-refractivity contribution in [2.45, 2.75) is 10.1 Å². The van der Waals surface area contributed by atoms with E-state index in [2.05, 4.69) is 4.99 Å². The molecule has 1 aliphatic carbocycles. The largest absolute Gasteiger partial charge is 0.292 e. The number of para-hydroxylation sites is 1. The third-order valence-electron chi connectivity index (χ3n) is 3.31. The van der Waals surface area contributed by atoms with Crippen LogP contribution in [-0.2, 0) is 0 Å². The van der Waals surface area contributed by atoms with Gasteiger partial charge in [0, 0.05) is 16.0 Å². The number of nitrogens with zero attached hydrogens (tertiary/aromatic N) is 1. The number of carbonyl (C=O) groups is 1. The van der Waals surface area contributed by atoms with E-state index in [9.17, 15) is 4.79 Å². The second-order valence-corrected chi connectivity index (χ2v) is 5.52. The Kier molecular flexibility index (Phi) is 2.00. The molecule has 0 saturated heterocycles. The molecule has 0 N–H and O–H groups in total. The first-order valence-electron chi connectivity index (χ1n) is 5.82. The summed E-state index contributed by atoms with van der Waals surface area (Å²) in [5.41, 5.74) is 3.69. The molecule has 0 bridgehead atoms. The van der Waals surface area contributed by atoms with Gasteiger partial charge in [0.2, 0.25) is 0 Å². The second kappa shape index (κ2) is 3.56. The molecule has 2 aliphatic rings. The molecule has 0 aromatic heterocycles. The van der Waals surface area contributed by atoms with E-state index in [-0.39, 0.29) is 11.0 Å². The Morgan fingerprint density at radius 1 is 0.944 bits per heavy atom. The van der Waals surface area contributed by atoms with Crippen LogP contribution < -0.4 is 0 Å². The van der Waals surface area contributed by atoms with Gasteiger partial charge in [0.05, 0.1) is 11.4 Å². The molecule has 1 atom stereocenters. The number of aliphatic imine (C=N–C) groups is 1. The highest BCUT2D eigenvalue weighted by Gasteiger charge is 2.39. The highest BCUT2D eigenvalue weighted by Crippen LogP contribution is 2.43. The number of hydrogen-bond acceptors (Lipinski definition) is 3. The maximum absolute atomic E-state index is 12.3. The van der Waals surface area contributed by atoms with Crippen LogP contribution >= 0.6 is 11.8 Å². The van der Waals surface area contributed by atoms with Crippen LogP contribution in [0.5, 0.6) is 0 Å². The van der Waals surface area contributed by atoms with Gasteiger partial charge in [0.15, 0.2) is 5.78 Å². The van der Waals surface area contributed by atoms with Gasteiger partial charge in [0.1, 0.15) is 5.25 Å². The normalized spacial score (nSPS) is 19.9. The molecule has 4 rings (SSSR count). The van der Waals surface area contributed by atoms with Crippen molar-refractivity contribution in [1.82, 2.24) is 0 Å². The number of Topliss-reactive ketones (excluding diaryl/α,β-unsaturated/α-hetero) is 1. The minimum absolute atomic E-state index is 0.155. The van der Waals surface area contributed by atoms with Gasteiger partial charge >= 0.3 is 0 Å². The van der Waals surface area contributed by atoms with Crippen LogP contribution in [0.4, 0.5) is 5.69 Å². The lowest BCUT2D eigenvalue weighted by Gasteiger charge is -2.17. The summed E-state index contributed by atoms with van der Waals surface area (Å²) in [6, 6.07) is 15.7. The third kappa shape index (κ3) is 1.25. The molecule has 86 valence electrons. The van der Waals surface area contributed by atoms with Crippen molar-refractivity contribution in [1.29, 1.82) is 0 Å². The van der Waals surface area contributed by atoms with Crippen LogP contribution in [0.25, 0.3) is 0 Å². The van der Waals surface area contributed by atoms with E-state index in [0.717, 1.165) is 27.4 Å². The van der Waals surface area contributed by atoms with Crippen molar-refractivity contribution in [3.63, 3.8) is 0 Å². The van der Waals surface area contributed by atoms with Crippen molar-refractivity contribution in [3.8, 4) is 0 Å². The number of carbonyl (C=O) groups excluding carboxylic acids is 1. The Morgan fingerprint density at radius 2 is 1.67 bits per heavy atom. The highest BCUT2D eigenvalue weighted by molar-refractivity contribution is 8.01. The Hall–Kier alpha value is -1.87. The molecular formula is C15H9NOS. The Morgan fingerprint density at radius 3 is 2.56 bits per heavy atom. The van der Waals surface area contributed by atoms with Crippen molar-refractivity contribution in [3.05, 3.63) is 59.7 Å². The first-order valence-corrected chi connectivity index (χ1v) is 6.70. The Bertz CT molecular complexity index is 705. The lowest BCUT2D eigenvalue weighted by Crippen LogP contribution is -2.20. The van der Waals surface area contributed by atoms with Crippen LogP contribution in [0.15, 0.2) is 58.4 Å². The molecule has 0 fully saturated rings. The van der Waals surface area contributed by atoms with E-state index in [1.807, 2.05) is 48.5 Å². The molecule has 0 radical (unpaired) electrons. The Balaban J connectivity index is 1.97. The topological polar surface area (TPSA) is 29.4 Å². The number of thioether (sulfide) groups is 1. The summed E-state index contributed by atoms with van der Waals surface area (Å²) in [5, 5.41) is -0.155. The molecule has 3 heteroatoms. The maximum Gasteiger partial charge on any atom is 0.182 e. The van der Waals surface area contributed by atoms with E-state index in [4.69, 9.17) is 0 Å². The number of hydrogen-bond donors (Lipinski definition) is 0. The van der Waals surface area contributed by atoms with Gasteiger partial charge in [-0.3, -0.25) is 4.79 Å². The van der Waals surface area contributed by atoms with E-state index in [1.54, 1.807) is 11.8 Å². The molecule has 18 heavy (non-hydrogen) atoms. The molecule has 1 unspecified atom stereocenters. The number of ketones is 1. The summed E-state index contributed by atoms with van der Waals surface area (Å²) < 4.78 is 0. The quantitative estimate of drug-likeness (QED) is 0.717. The van der Waals surface area contributed by atoms with Gasteiger partial charge in [-0.1, -0.05) is 36.4 Å². The molecule has 0 spiro atoms. The van der Waals surface area contributed by atoms with Gasteiger partial charge in [-0.15, -0.1) is 11.8 Å². The van der Waals surface area contributed by atoms with Gasteiger partial charge in [-0.2, -0.15) is 0 Å². The fourth-order valence-electron chi connectivity index (χ4n) is 2.46. The molecule has 1 heterocycles. The number of rotatable bonds is 0. The summed E-state index contributed by atoms with van der Waals surface area (Å²) in [4.78, 5) is 18.1. The molecule has 0 saturated carbocycles. The fraction of sp³-hybridized carbons (Fsp3) is 0.0667. The molecule has 1 aliphatic heterocycles. The number of fused-ring (bicyclic) bond motifs is 4. The minimum Gasteiger partial charge on any atom is -0.292 e. The van der Waals surface area contributed by atoms with Gasteiger partial charge in [-0.25, -0.2) is 4.99 Å². The summed E-state index contributed by atoms with van der Waals surface area (Å²) in [5.74, 6) is 0.184. The van der Waals surface area contributed by atoms with Gasteiger partial charge < -0.3 is 0 Å². The average molecular weight is 251 g/mol. The molecule has 2 aromatic carbocycles. The predicted molar refractivity (Wildman–Crippen MR) is 73.1 cm³/mol. The van der Waals surface area contributed by atoms with Crippen molar-refractivity contribution in [2.24, 2.45) is 4.99 Å². The maximum atomic E-state index is 12.3. The minimum atomic E-state index is -0.155. The van der Waals surface area contributed by atoms with Crippen LogP contribution in [0.2, 0.25) is 0 Å². The third-order valence-corrected chi connectivity index (χ3v) is 4.58. The SMILES string of the molecule is O=C1c2ccccc2C2=Nc3ccccc3SC12. The molecule has 0 amide bonds. The summed E-state index contributed by atoms with van der Waals surface area (Å²) >= 11 is 1.61. The zero-order valence-corrected chi connectivity index (χ0v) is 10.3. The smallest absolute Gasteiger partial charge is 0.182 e. The van der Waals surface area contributed by atoms with Gasteiger partial charge in [0.25, 0.3) is 0 Å². The highest BCUT2D eigenvalue weighted by atomic mass is 32.2. The van der Waals surface area contributed by atoms with Crippen molar-refractivity contribution >= 4 is 28.9 Å². The molecule has 2 aromatic rings.